The lowest BCUT2D eigenvalue weighted by atomic mass is 9.88. The third-order valence-corrected chi connectivity index (χ3v) is 6.05. The topological polar surface area (TPSA) is 6.48 Å². The van der Waals surface area contributed by atoms with Crippen molar-refractivity contribution in [1.29, 1.82) is 0 Å². The maximum Gasteiger partial charge on any atom is 0.0368 e. The van der Waals surface area contributed by atoms with Crippen LogP contribution in [0.25, 0.3) is 0 Å². The Kier molecular flexibility index (Phi) is 6.37. The summed E-state index contributed by atoms with van der Waals surface area (Å²) in [5.41, 5.74) is 4.30. The number of hydrogen-bond acceptors (Lipinski definition) is 2. The van der Waals surface area contributed by atoms with E-state index < -0.39 is 0 Å². The lowest BCUT2D eigenvalue weighted by Crippen LogP contribution is -2.40. The standard InChI is InChI=1S/C24H34N2/c1-19(2)25(4)24-12-8-9-21(18-24)17-20(3)26-15-13-23(14-16-26)22-10-6-5-7-11-22/h5-12,18-20,23H,13-17H2,1-4H3. The van der Waals surface area contributed by atoms with Gasteiger partial charge in [0.25, 0.3) is 0 Å². The van der Waals surface area contributed by atoms with Gasteiger partial charge in [-0.2, -0.15) is 0 Å². The first-order chi connectivity index (χ1) is 12.5. The molecule has 0 spiro atoms. The second kappa shape index (κ2) is 8.73. The molecular weight excluding hydrogens is 316 g/mol. The van der Waals surface area contributed by atoms with Gasteiger partial charge in [-0.15, -0.1) is 0 Å². The summed E-state index contributed by atoms with van der Waals surface area (Å²) in [4.78, 5) is 5.03. The molecule has 3 rings (SSSR count). The SMILES string of the molecule is CC(Cc1cccc(N(C)C(C)C)c1)N1CCC(c2ccccc2)CC1. The summed E-state index contributed by atoms with van der Waals surface area (Å²) in [5.74, 6) is 0.739. The fourth-order valence-corrected chi connectivity index (χ4v) is 4.07. The molecule has 0 aromatic heterocycles. The van der Waals surface area contributed by atoms with Gasteiger partial charge >= 0.3 is 0 Å². The highest BCUT2D eigenvalue weighted by Gasteiger charge is 2.23. The van der Waals surface area contributed by atoms with Gasteiger partial charge in [0.05, 0.1) is 0 Å². The number of nitrogens with zero attached hydrogens (tertiary/aromatic N) is 2. The summed E-state index contributed by atoms with van der Waals surface area (Å²) in [6, 6.07) is 21.3. The molecule has 0 N–H and O–H groups in total. The summed E-state index contributed by atoms with van der Waals surface area (Å²) in [6.45, 7) is 9.30. The number of benzene rings is 2. The highest BCUT2D eigenvalue weighted by molar-refractivity contribution is 5.48. The summed E-state index contributed by atoms with van der Waals surface area (Å²) in [5, 5.41) is 0. The Hall–Kier alpha value is -1.80. The fourth-order valence-electron chi connectivity index (χ4n) is 4.07. The maximum absolute atomic E-state index is 2.68. The van der Waals surface area contributed by atoms with E-state index in [9.17, 15) is 0 Å². The van der Waals surface area contributed by atoms with Crippen LogP contribution in [-0.4, -0.2) is 37.1 Å². The first-order valence-corrected chi connectivity index (χ1v) is 10.2. The monoisotopic (exact) mass is 350 g/mol. The second-order valence-corrected chi connectivity index (χ2v) is 8.15. The van der Waals surface area contributed by atoms with Crippen LogP contribution in [0.1, 0.15) is 50.7 Å². The van der Waals surface area contributed by atoms with Gasteiger partial charge in [0.1, 0.15) is 0 Å². The largest absolute Gasteiger partial charge is 0.372 e. The normalized spacial score (nSPS) is 17.4. The Morgan fingerprint density at radius 1 is 0.962 bits per heavy atom. The number of likely N-dealkylation sites (tertiary alicyclic amines) is 1. The van der Waals surface area contributed by atoms with E-state index in [1.807, 2.05) is 0 Å². The van der Waals surface area contributed by atoms with Crippen molar-refractivity contribution in [2.24, 2.45) is 0 Å². The van der Waals surface area contributed by atoms with Crippen molar-refractivity contribution in [1.82, 2.24) is 4.90 Å². The van der Waals surface area contributed by atoms with Crippen molar-refractivity contribution in [3.63, 3.8) is 0 Å². The van der Waals surface area contributed by atoms with Crippen LogP contribution in [0.15, 0.2) is 54.6 Å². The van der Waals surface area contributed by atoms with Gasteiger partial charge in [0, 0.05) is 24.8 Å². The average Bonchev–Trinajstić information content (AvgIpc) is 2.68. The van der Waals surface area contributed by atoms with Crippen LogP contribution in [0.4, 0.5) is 5.69 Å². The van der Waals surface area contributed by atoms with E-state index in [2.05, 4.69) is 92.2 Å². The predicted molar refractivity (Wildman–Crippen MR) is 113 cm³/mol. The minimum Gasteiger partial charge on any atom is -0.372 e. The molecule has 1 heterocycles. The van der Waals surface area contributed by atoms with E-state index in [0.29, 0.717) is 12.1 Å². The van der Waals surface area contributed by atoms with Crippen molar-refractivity contribution >= 4 is 5.69 Å². The molecule has 0 saturated carbocycles. The summed E-state index contributed by atoms with van der Waals surface area (Å²) in [6.07, 6.45) is 3.70. The van der Waals surface area contributed by atoms with Crippen LogP contribution in [-0.2, 0) is 6.42 Å². The van der Waals surface area contributed by atoms with Gasteiger partial charge in [0.15, 0.2) is 0 Å². The molecule has 140 valence electrons. The minimum atomic E-state index is 0.527. The molecule has 0 radical (unpaired) electrons. The number of anilines is 1. The number of rotatable bonds is 6. The van der Waals surface area contributed by atoms with E-state index in [1.54, 1.807) is 0 Å². The van der Waals surface area contributed by atoms with Gasteiger partial charge in [-0.3, -0.25) is 0 Å². The zero-order valence-electron chi connectivity index (χ0n) is 16.9. The Labute approximate surface area is 159 Å². The van der Waals surface area contributed by atoms with E-state index in [-0.39, 0.29) is 0 Å². The molecule has 2 nitrogen and oxygen atoms in total. The highest BCUT2D eigenvalue weighted by atomic mass is 15.2. The minimum absolute atomic E-state index is 0.527. The molecule has 2 aromatic carbocycles. The third kappa shape index (κ3) is 4.67. The molecule has 2 heteroatoms. The van der Waals surface area contributed by atoms with Gasteiger partial charge in [-0.25, -0.2) is 0 Å². The van der Waals surface area contributed by atoms with E-state index in [1.165, 1.54) is 42.7 Å². The first kappa shape index (κ1) is 19.0. The second-order valence-electron chi connectivity index (χ2n) is 8.15. The molecular formula is C24H34N2. The van der Waals surface area contributed by atoms with Gasteiger partial charge in [0.2, 0.25) is 0 Å². The molecule has 1 saturated heterocycles. The van der Waals surface area contributed by atoms with Gasteiger partial charge in [-0.1, -0.05) is 42.5 Å². The van der Waals surface area contributed by atoms with E-state index in [4.69, 9.17) is 0 Å². The molecule has 1 aliphatic rings. The Morgan fingerprint density at radius 3 is 2.31 bits per heavy atom. The van der Waals surface area contributed by atoms with Crippen molar-refractivity contribution in [2.75, 3.05) is 25.0 Å². The zero-order chi connectivity index (χ0) is 18.5. The van der Waals surface area contributed by atoms with E-state index >= 15 is 0 Å². The lowest BCUT2D eigenvalue weighted by molar-refractivity contribution is 0.161. The summed E-state index contributed by atoms with van der Waals surface area (Å²) < 4.78 is 0. The van der Waals surface area contributed by atoms with Crippen LogP contribution < -0.4 is 4.90 Å². The molecule has 0 aliphatic carbocycles. The van der Waals surface area contributed by atoms with Crippen LogP contribution >= 0.6 is 0 Å². The Bertz CT molecular complexity index is 672. The molecule has 1 atom stereocenters. The van der Waals surface area contributed by atoms with Crippen molar-refractivity contribution in [2.45, 2.75) is 58.0 Å². The third-order valence-electron chi connectivity index (χ3n) is 6.05. The number of piperidine rings is 1. The van der Waals surface area contributed by atoms with Crippen LogP contribution in [0.2, 0.25) is 0 Å². The molecule has 2 aromatic rings. The van der Waals surface area contributed by atoms with Gasteiger partial charge < -0.3 is 9.80 Å². The molecule has 26 heavy (non-hydrogen) atoms. The lowest BCUT2D eigenvalue weighted by Gasteiger charge is -2.36. The summed E-state index contributed by atoms with van der Waals surface area (Å²) in [7, 11) is 2.18. The first-order valence-electron chi connectivity index (χ1n) is 10.2. The van der Waals surface area contributed by atoms with Crippen molar-refractivity contribution < 1.29 is 0 Å². The smallest absolute Gasteiger partial charge is 0.0368 e. The molecule has 1 unspecified atom stereocenters. The van der Waals surface area contributed by atoms with Crippen LogP contribution in [0, 0.1) is 0 Å². The molecule has 0 bridgehead atoms. The maximum atomic E-state index is 2.68. The summed E-state index contributed by atoms with van der Waals surface area (Å²) >= 11 is 0. The van der Waals surface area contributed by atoms with Gasteiger partial charge in [-0.05, 0) is 82.3 Å². The molecule has 1 aliphatic heterocycles. The van der Waals surface area contributed by atoms with Crippen LogP contribution in [0.5, 0.6) is 0 Å². The van der Waals surface area contributed by atoms with Crippen molar-refractivity contribution in [3.05, 3.63) is 65.7 Å². The Balaban J connectivity index is 1.56. The zero-order valence-corrected chi connectivity index (χ0v) is 16.9. The Morgan fingerprint density at radius 2 is 1.65 bits per heavy atom. The quantitative estimate of drug-likeness (QED) is 0.693. The van der Waals surface area contributed by atoms with E-state index in [0.717, 1.165) is 12.3 Å². The average molecular weight is 351 g/mol. The van der Waals surface area contributed by atoms with Crippen LogP contribution in [0.3, 0.4) is 0 Å². The fraction of sp³-hybridized carbons (Fsp3) is 0.500. The number of hydrogen-bond donors (Lipinski definition) is 0. The van der Waals surface area contributed by atoms with Crippen molar-refractivity contribution in [3.8, 4) is 0 Å². The molecule has 0 amide bonds. The molecule has 1 fully saturated rings. The highest BCUT2D eigenvalue weighted by Crippen LogP contribution is 2.29. The predicted octanol–water partition coefficient (Wildman–Crippen LogP) is 5.34.